The third-order valence-electron chi connectivity index (χ3n) is 5.92. The van der Waals surface area contributed by atoms with Crippen molar-refractivity contribution in [2.45, 2.75) is 0 Å². The molecule has 154 valence electrons. The van der Waals surface area contributed by atoms with E-state index < -0.39 is 0 Å². The number of benzene rings is 5. The third kappa shape index (κ3) is 3.52. The molecule has 0 aliphatic rings. The van der Waals surface area contributed by atoms with Crippen molar-refractivity contribution < 1.29 is 0 Å². The van der Waals surface area contributed by atoms with E-state index in [9.17, 15) is 0 Å². The van der Waals surface area contributed by atoms with Gasteiger partial charge in [0.1, 0.15) is 0 Å². The molecule has 0 spiro atoms. The largest absolute Gasteiger partial charge is 0.0984 e. The van der Waals surface area contributed by atoms with Gasteiger partial charge in [0, 0.05) is 21.0 Å². The molecule has 0 heterocycles. The molecule has 32 heavy (non-hydrogen) atoms. The van der Waals surface area contributed by atoms with Gasteiger partial charge in [-0.15, -0.1) is 0 Å². The lowest BCUT2D eigenvalue weighted by molar-refractivity contribution is 1.59. The molecule has 0 aliphatic heterocycles. The van der Waals surface area contributed by atoms with E-state index in [4.69, 9.17) is 23.2 Å². The molecule has 0 amide bonds. The molecule has 0 saturated carbocycles. The lowest BCUT2D eigenvalue weighted by Gasteiger charge is -2.17. The van der Waals surface area contributed by atoms with Gasteiger partial charge in [-0.3, -0.25) is 0 Å². The van der Waals surface area contributed by atoms with E-state index in [1.165, 1.54) is 21.9 Å². The zero-order valence-electron chi connectivity index (χ0n) is 17.4. The first kappa shape index (κ1) is 20.6. The van der Waals surface area contributed by atoms with Crippen LogP contribution in [0.2, 0.25) is 5.02 Å². The second-order valence-corrected chi connectivity index (χ2v) is 8.66. The van der Waals surface area contributed by atoms with Gasteiger partial charge in [-0.2, -0.15) is 0 Å². The van der Waals surface area contributed by atoms with Crippen LogP contribution in [0.25, 0.3) is 54.9 Å². The van der Waals surface area contributed by atoms with Crippen LogP contribution in [0.1, 0.15) is 11.1 Å². The van der Waals surface area contributed by atoms with Crippen LogP contribution >= 0.6 is 23.2 Å². The molecule has 0 aromatic heterocycles. The van der Waals surface area contributed by atoms with Crippen LogP contribution in [0.3, 0.4) is 0 Å². The van der Waals surface area contributed by atoms with Crippen molar-refractivity contribution in [1.82, 2.24) is 0 Å². The van der Waals surface area contributed by atoms with Gasteiger partial charge in [0.15, 0.2) is 0 Å². The van der Waals surface area contributed by atoms with Crippen LogP contribution in [0.4, 0.5) is 0 Å². The van der Waals surface area contributed by atoms with Gasteiger partial charge in [-0.25, -0.2) is 0 Å². The van der Waals surface area contributed by atoms with Crippen LogP contribution in [-0.4, -0.2) is 0 Å². The summed E-state index contributed by atoms with van der Waals surface area (Å²) in [5, 5.41) is 5.64. The van der Waals surface area contributed by atoms with Crippen LogP contribution in [-0.2, 0) is 0 Å². The molecule has 2 heteroatoms. The highest BCUT2D eigenvalue weighted by atomic mass is 35.5. The standard InChI is InChI=1S/C30H20Cl2/c1-3-25-27(19(2)31)18-28-26(9-6-10-29(28)32)30(25)22-14-11-21(12-15-22)24-16-13-20-7-4-5-8-23(20)17-24/h3-18H,1-2H2. The SMILES string of the molecule is C=Cc1c(C(=C)Cl)cc2c(Cl)cccc2c1-c1ccc(-c2ccc3ccccc3c2)cc1. The average Bonchev–Trinajstić information content (AvgIpc) is 2.83. The topological polar surface area (TPSA) is 0 Å². The normalized spacial score (nSPS) is 11.1. The van der Waals surface area contributed by atoms with E-state index in [2.05, 4.69) is 86.0 Å². The molecule has 0 atom stereocenters. The summed E-state index contributed by atoms with van der Waals surface area (Å²) >= 11 is 12.9. The van der Waals surface area contributed by atoms with E-state index in [1.807, 2.05) is 24.3 Å². The number of hydrogen-bond donors (Lipinski definition) is 0. The van der Waals surface area contributed by atoms with Crippen LogP contribution in [0.15, 0.2) is 104 Å². The maximum atomic E-state index is 6.54. The van der Waals surface area contributed by atoms with Crippen molar-refractivity contribution in [2.75, 3.05) is 0 Å². The second-order valence-electron chi connectivity index (χ2n) is 7.80. The van der Waals surface area contributed by atoms with Gasteiger partial charge in [-0.05, 0) is 62.2 Å². The van der Waals surface area contributed by atoms with Crippen molar-refractivity contribution in [3.05, 3.63) is 120 Å². The first-order chi connectivity index (χ1) is 15.6. The van der Waals surface area contributed by atoms with Crippen molar-refractivity contribution >= 4 is 55.9 Å². The zero-order valence-corrected chi connectivity index (χ0v) is 18.9. The monoisotopic (exact) mass is 450 g/mol. The minimum atomic E-state index is 0.468. The maximum Gasteiger partial charge on any atom is 0.0484 e. The molecule has 0 bridgehead atoms. The first-order valence-corrected chi connectivity index (χ1v) is 11.1. The Labute approximate surface area is 198 Å². The number of rotatable bonds is 4. The molecule has 0 saturated heterocycles. The fraction of sp³-hybridized carbons (Fsp3) is 0. The zero-order chi connectivity index (χ0) is 22.2. The lowest BCUT2D eigenvalue weighted by atomic mass is 9.88. The summed E-state index contributed by atoms with van der Waals surface area (Å²) in [6, 6.07) is 31.5. The summed E-state index contributed by atoms with van der Waals surface area (Å²) < 4.78 is 0. The van der Waals surface area contributed by atoms with E-state index >= 15 is 0 Å². The molecule has 0 unspecified atom stereocenters. The quantitative estimate of drug-likeness (QED) is 0.255. The molecule has 0 fully saturated rings. The maximum absolute atomic E-state index is 6.54. The minimum absolute atomic E-state index is 0.468. The van der Waals surface area contributed by atoms with Gasteiger partial charge in [0.05, 0.1) is 0 Å². The highest BCUT2D eigenvalue weighted by Gasteiger charge is 2.16. The highest BCUT2D eigenvalue weighted by Crippen LogP contribution is 2.41. The highest BCUT2D eigenvalue weighted by molar-refractivity contribution is 6.49. The number of hydrogen-bond acceptors (Lipinski definition) is 0. The molecule has 0 N–H and O–H groups in total. The summed E-state index contributed by atoms with van der Waals surface area (Å²) in [7, 11) is 0. The van der Waals surface area contributed by atoms with E-state index in [-0.39, 0.29) is 0 Å². The number of fused-ring (bicyclic) bond motifs is 2. The van der Waals surface area contributed by atoms with Crippen molar-refractivity contribution in [3.8, 4) is 22.3 Å². The van der Waals surface area contributed by atoms with Crippen molar-refractivity contribution in [2.24, 2.45) is 0 Å². The fourth-order valence-electron chi connectivity index (χ4n) is 4.35. The van der Waals surface area contributed by atoms with Gasteiger partial charge in [0.2, 0.25) is 0 Å². The summed E-state index contributed by atoms with van der Waals surface area (Å²) in [5.41, 5.74) is 6.29. The molecular weight excluding hydrogens is 431 g/mol. The Balaban J connectivity index is 1.69. The fourth-order valence-corrected chi connectivity index (χ4v) is 4.73. The van der Waals surface area contributed by atoms with Crippen LogP contribution in [0.5, 0.6) is 0 Å². The molecule has 5 rings (SSSR count). The van der Waals surface area contributed by atoms with Gasteiger partial charge in [0.25, 0.3) is 0 Å². The van der Waals surface area contributed by atoms with E-state index in [1.54, 1.807) is 0 Å². The predicted molar refractivity (Wildman–Crippen MR) is 142 cm³/mol. The summed E-state index contributed by atoms with van der Waals surface area (Å²) in [5.74, 6) is 0. The predicted octanol–water partition coefficient (Wildman–Crippen LogP) is 9.83. The molecule has 0 aliphatic carbocycles. The minimum Gasteiger partial charge on any atom is -0.0984 e. The molecule has 0 radical (unpaired) electrons. The average molecular weight is 451 g/mol. The Hall–Kier alpha value is -3.32. The molecule has 0 nitrogen and oxygen atoms in total. The summed E-state index contributed by atoms with van der Waals surface area (Å²) in [4.78, 5) is 0. The third-order valence-corrected chi connectivity index (χ3v) is 6.46. The van der Waals surface area contributed by atoms with Crippen LogP contribution in [0, 0.1) is 0 Å². The van der Waals surface area contributed by atoms with Gasteiger partial charge >= 0.3 is 0 Å². The first-order valence-electron chi connectivity index (χ1n) is 10.4. The molecular formula is C30H20Cl2. The van der Waals surface area contributed by atoms with E-state index in [0.29, 0.717) is 10.1 Å². The smallest absolute Gasteiger partial charge is 0.0484 e. The van der Waals surface area contributed by atoms with E-state index in [0.717, 1.165) is 33.0 Å². The molecule has 5 aromatic rings. The Kier molecular flexibility index (Phi) is 5.35. The Morgan fingerprint density at radius 3 is 2.09 bits per heavy atom. The summed E-state index contributed by atoms with van der Waals surface area (Å²) in [6.07, 6.45) is 1.84. The van der Waals surface area contributed by atoms with Crippen molar-refractivity contribution in [3.63, 3.8) is 0 Å². The Morgan fingerprint density at radius 1 is 0.688 bits per heavy atom. The van der Waals surface area contributed by atoms with Gasteiger partial charge < -0.3 is 0 Å². The molecule has 5 aromatic carbocycles. The lowest BCUT2D eigenvalue weighted by Crippen LogP contribution is -1.93. The van der Waals surface area contributed by atoms with Crippen molar-refractivity contribution in [1.29, 1.82) is 0 Å². The Morgan fingerprint density at radius 2 is 1.38 bits per heavy atom. The number of halogens is 2. The Bertz CT molecular complexity index is 1510. The summed E-state index contributed by atoms with van der Waals surface area (Å²) in [6.45, 7) is 8.01. The second kappa shape index (κ2) is 8.31. The van der Waals surface area contributed by atoms with Gasteiger partial charge in [-0.1, -0.05) is 115 Å². The van der Waals surface area contributed by atoms with Crippen LogP contribution < -0.4 is 0 Å².